The summed E-state index contributed by atoms with van der Waals surface area (Å²) in [6.45, 7) is 1.92. The van der Waals surface area contributed by atoms with Gasteiger partial charge in [-0.1, -0.05) is 35.6 Å². The van der Waals surface area contributed by atoms with E-state index in [9.17, 15) is 4.79 Å². The van der Waals surface area contributed by atoms with Crippen LogP contribution in [-0.2, 0) is 9.53 Å². The molecule has 15 heavy (non-hydrogen) atoms. The van der Waals surface area contributed by atoms with Crippen LogP contribution < -0.4 is 0 Å². The predicted octanol–water partition coefficient (Wildman–Crippen LogP) is 2.56. The summed E-state index contributed by atoms with van der Waals surface area (Å²) in [6.07, 6.45) is 0.0845. The van der Waals surface area contributed by atoms with Crippen molar-refractivity contribution in [2.24, 2.45) is 0 Å². The molecule has 1 aromatic carbocycles. The van der Waals surface area contributed by atoms with Gasteiger partial charge in [-0.05, 0) is 18.6 Å². The highest BCUT2D eigenvalue weighted by atomic mass is 35.5. The van der Waals surface area contributed by atoms with E-state index in [0.717, 1.165) is 11.1 Å². The Kier molecular flexibility index (Phi) is 4.20. The van der Waals surface area contributed by atoms with Crippen LogP contribution in [0.5, 0.6) is 0 Å². The maximum Gasteiger partial charge on any atom is 0.317 e. The van der Waals surface area contributed by atoms with E-state index < -0.39 is 0 Å². The Hall–Kier alpha value is -1.46. The van der Waals surface area contributed by atoms with Gasteiger partial charge in [0.2, 0.25) is 0 Å². The van der Waals surface area contributed by atoms with Gasteiger partial charge in [0.15, 0.2) is 0 Å². The maximum atomic E-state index is 10.8. The molecule has 0 unspecified atom stereocenters. The van der Waals surface area contributed by atoms with Crippen molar-refractivity contribution in [3.8, 4) is 11.8 Å². The van der Waals surface area contributed by atoms with Gasteiger partial charge in [0.1, 0.15) is 6.42 Å². The largest absolute Gasteiger partial charge is 0.468 e. The molecule has 0 atom stereocenters. The van der Waals surface area contributed by atoms with Crippen LogP contribution in [0.1, 0.15) is 17.5 Å². The highest BCUT2D eigenvalue weighted by Gasteiger charge is 1.99. The van der Waals surface area contributed by atoms with Gasteiger partial charge < -0.3 is 4.74 Å². The van der Waals surface area contributed by atoms with Crippen LogP contribution >= 0.6 is 11.6 Å². The topological polar surface area (TPSA) is 26.3 Å². The Balaban J connectivity index is 2.84. The number of carbonyl (C=O) groups is 1. The monoisotopic (exact) mass is 222 g/mol. The zero-order chi connectivity index (χ0) is 11.3. The molecule has 0 radical (unpaired) electrons. The molecule has 0 bridgehead atoms. The lowest BCUT2D eigenvalue weighted by Gasteiger charge is -1.99. The molecule has 0 saturated carbocycles. The van der Waals surface area contributed by atoms with Crippen molar-refractivity contribution >= 4 is 17.6 Å². The lowest BCUT2D eigenvalue weighted by atomic mass is 10.1. The van der Waals surface area contributed by atoms with Crippen LogP contribution in [0.15, 0.2) is 18.2 Å². The van der Waals surface area contributed by atoms with Gasteiger partial charge in [0.25, 0.3) is 0 Å². The molecule has 0 aliphatic rings. The van der Waals surface area contributed by atoms with Crippen LogP contribution in [-0.4, -0.2) is 13.1 Å². The number of methoxy groups -OCH3 is 1. The molecule has 1 rings (SSSR count). The van der Waals surface area contributed by atoms with Crippen molar-refractivity contribution in [1.29, 1.82) is 0 Å². The second-order valence-electron chi connectivity index (χ2n) is 2.99. The fraction of sp³-hybridized carbons (Fsp3) is 0.250. The molecule has 0 aliphatic heterocycles. The number of carbonyl (C=O) groups excluding carboxylic acids is 1. The zero-order valence-electron chi connectivity index (χ0n) is 8.63. The van der Waals surface area contributed by atoms with Crippen molar-refractivity contribution < 1.29 is 9.53 Å². The highest BCUT2D eigenvalue weighted by Crippen LogP contribution is 2.17. The Morgan fingerprint density at radius 2 is 2.27 bits per heavy atom. The van der Waals surface area contributed by atoms with E-state index in [1.54, 1.807) is 6.07 Å². The number of rotatable bonds is 1. The minimum atomic E-state index is -0.341. The van der Waals surface area contributed by atoms with Crippen molar-refractivity contribution in [1.82, 2.24) is 0 Å². The second kappa shape index (κ2) is 5.43. The molecule has 0 aliphatic carbocycles. The van der Waals surface area contributed by atoms with Crippen LogP contribution in [0.4, 0.5) is 0 Å². The summed E-state index contributed by atoms with van der Waals surface area (Å²) in [4.78, 5) is 10.8. The van der Waals surface area contributed by atoms with Gasteiger partial charge in [0.05, 0.1) is 12.1 Å². The van der Waals surface area contributed by atoms with Crippen molar-refractivity contribution in [3.05, 3.63) is 34.3 Å². The van der Waals surface area contributed by atoms with Crippen LogP contribution in [0, 0.1) is 18.8 Å². The van der Waals surface area contributed by atoms with Crippen LogP contribution in [0.3, 0.4) is 0 Å². The molecule has 0 saturated heterocycles. The number of ether oxygens (including phenoxy) is 1. The molecule has 0 fully saturated rings. The summed E-state index contributed by atoms with van der Waals surface area (Å²) in [5, 5.41) is 0.604. The first kappa shape index (κ1) is 11.6. The Morgan fingerprint density at radius 1 is 1.53 bits per heavy atom. The number of benzene rings is 1. The average Bonchev–Trinajstić information content (AvgIpc) is 2.22. The summed E-state index contributed by atoms with van der Waals surface area (Å²) in [5.41, 5.74) is 1.77. The minimum Gasteiger partial charge on any atom is -0.468 e. The molecule has 0 N–H and O–H groups in total. The average molecular weight is 223 g/mol. The lowest BCUT2D eigenvalue weighted by Crippen LogP contribution is -1.97. The highest BCUT2D eigenvalue weighted by molar-refractivity contribution is 6.31. The molecule has 0 spiro atoms. The Morgan fingerprint density at radius 3 is 2.87 bits per heavy atom. The third-order valence-electron chi connectivity index (χ3n) is 1.90. The third-order valence-corrected chi connectivity index (χ3v) is 2.21. The molecule has 1 aromatic rings. The smallest absolute Gasteiger partial charge is 0.317 e. The SMILES string of the molecule is COC(=O)CC#Cc1c(C)cccc1Cl. The first-order chi connectivity index (χ1) is 7.15. The Bertz CT molecular complexity index is 407. The summed E-state index contributed by atoms with van der Waals surface area (Å²) in [6, 6.07) is 5.56. The normalized spacial score (nSPS) is 9.00. The van der Waals surface area contributed by atoms with Gasteiger partial charge in [-0.25, -0.2) is 0 Å². The van der Waals surface area contributed by atoms with E-state index in [1.165, 1.54) is 7.11 Å². The van der Waals surface area contributed by atoms with Gasteiger partial charge in [-0.2, -0.15) is 0 Å². The van der Waals surface area contributed by atoms with E-state index in [2.05, 4.69) is 16.6 Å². The molecule has 2 nitrogen and oxygen atoms in total. The maximum absolute atomic E-state index is 10.8. The number of hydrogen-bond donors (Lipinski definition) is 0. The first-order valence-corrected chi connectivity index (χ1v) is 4.83. The van der Waals surface area contributed by atoms with Crippen LogP contribution in [0.2, 0.25) is 5.02 Å². The molecule has 0 amide bonds. The summed E-state index contributed by atoms with van der Waals surface area (Å²) < 4.78 is 4.47. The molecule has 78 valence electrons. The number of halogens is 1. The molecule has 0 heterocycles. The lowest BCUT2D eigenvalue weighted by molar-refractivity contribution is -0.139. The van der Waals surface area contributed by atoms with Crippen LogP contribution in [0.25, 0.3) is 0 Å². The van der Waals surface area contributed by atoms with E-state index in [0.29, 0.717) is 5.02 Å². The fourth-order valence-electron chi connectivity index (χ4n) is 1.07. The quantitative estimate of drug-likeness (QED) is 0.539. The molecular weight excluding hydrogens is 212 g/mol. The van der Waals surface area contributed by atoms with Crippen molar-refractivity contribution in [2.45, 2.75) is 13.3 Å². The fourth-order valence-corrected chi connectivity index (χ4v) is 1.34. The second-order valence-corrected chi connectivity index (χ2v) is 3.39. The van der Waals surface area contributed by atoms with E-state index in [4.69, 9.17) is 11.6 Å². The predicted molar refractivity (Wildman–Crippen MR) is 59.7 cm³/mol. The minimum absolute atomic E-state index is 0.0845. The summed E-state index contributed by atoms with van der Waals surface area (Å²) >= 11 is 5.96. The van der Waals surface area contributed by atoms with E-state index >= 15 is 0 Å². The molecular formula is C12H11ClO2. The molecule has 0 aromatic heterocycles. The van der Waals surface area contributed by atoms with Gasteiger partial charge in [-0.3, -0.25) is 4.79 Å². The number of aryl methyl sites for hydroxylation is 1. The third kappa shape index (κ3) is 3.30. The van der Waals surface area contributed by atoms with E-state index in [-0.39, 0.29) is 12.4 Å². The standard InChI is InChI=1S/C12H11ClO2/c1-9-5-3-7-11(13)10(9)6-4-8-12(14)15-2/h3,5,7H,8H2,1-2H3. The van der Waals surface area contributed by atoms with Gasteiger partial charge in [-0.15, -0.1) is 0 Å². The number of esters is 1. The van der Waals surface area contributed by atoms with Crippen molar-refractivity contribution in [2.75, 3.05) is 7.11 Å². The zero-order valence-corrected chi connectivity index (χ0v) is 9.39. The van der Waals surface area contributed by atoms with Gasteiger partial charge in [0, 0.05) is 5.56 Å². The summed E-state index contributed by atoms with van der Waals surface area (Å²) in [7, 11) is 1.34. The van der Waals surface area contributed by atoms with E-state index in [1.807, 2.05) is 19.1 Å². The summed E-state index contributed by atoms with van der Waals surface area (Å²) in [5.74, 6) is 5.25. The molecule has 3 heteroatoms. The number of hydrogen-bond acceptors (Lipinski definition) is 2. The van der Waals surface area contributed by atoms with Crippen molar-refractivity contribution in [3.63, 3.8) is 0 Å². The Labute approximate surface area is 94.2 Å². The first-order valence-electron chi connectivity index (χ1n) is 4.46. The van der Waals surface area contributed by atoms with Gasteiger partial charge >= 0.3 is 5.97 Å².